The van der Waals surface area contributed by atoms with E-state index in [0.29, 0.717) is 12.6 Å². The number of aliphatic hydroxyl groups excluding tert-OH is 1. The summed E-state index contributed by atoms with van der Waals surface area (Å²) in [5.74, 6) is 0. The van der Waals surface area contributed by atoms with Crippen LogP contribution < -0.4 is 0 Å². The number of rotatable bonds is 5. The highest BCUT2D eigenvalue weighted by Gasteiger charge is 2.25. The lowest BCUT2D eigenvalue weighted by Crippen LogP contribution is -2.52. The van der Waals surface area contributed by atoms with Gasteiger partial charge in [-0.1, -0.05) is 30.3 Å². The highest BCUT2D eigenvalue weighted by atomic mass is 16.3. The number of aromatic nitrogens is 2. The number of β-amino-alcohol motifs (C(OH)–C–C–N with tert-alkyl or cyclic N) is 1. The number of benzene rings is 1. The fourth-order valence-electron chi connectivity index (χ4n) is 3.30. The summed E-state index contributed by atoms with van der Waals surface area (Å²) in [6, 6.07) is 10.4. The molecule has 1 N–H and O–H groups in total. The van der Waals surface area contributed by atoms with Crippen molar-refractivity contribution in [3.05, 3.63) is 53.9 Å². The Bertz CT molecular complexity index is 612. The molecule has 5 nitrogen and oxygen atoms in total. The first kappa shape index (κ1) is 16.2. The SMILES string of the molecule is CC1CN(Cc2cnn(C)c2)CCN1CC(O)c1ccccc1. The summed E-state index contributed by atoms with van der Waals surface area (Å²) in [6.07, 6.45) is 3.61. The average molecular weight is 314 g/mol. The molecule has 0 aliphatic carbocycles. The maximum Gasteiger partial charge on any atom is 0.0917 e. The standard InChI is InChI=1S/C18H26N4O/c1-15-11-21(13-16-10-19-20(2)12-16)8-9-22(15)14-18(23)17-6-4-3-5-7-17/h3-7,10,12,15,18,23H,8-9,11,13-14H2,1-2H3. The molecule has 5 heteroatoms. The topological polar surface area (TPSA) is 44.5 Å². The van der Waals surface area contributed by atoms with Crippen molar-refractivity contribution < 1.29 is 5.11 Å². The zero-order valence-corrected chi connectivity index (χ0v) is 14.0. The van der Waals surface area contributed by atoms with Crippen molar-refractivity contribution in [2.24, 2.45) is 7.05 Å². The highest BCUT2D eigenvalue weighted by Crippen LogP contribution is 2.18. The van der Waals surface area contributed by atoms with E-state index >= 15 is 0 Å². The molecule has 0 bridgehead atoms. The summed E-state index contributed by atoms with van der Waals surface area (Å²) in [5.41, 5.74) is 2.26. The van der Waals surface area contributed by atoms with Gasteiger partial charge in [0.2, 0.25) is 0 Å². The van der Waals surface area contributed by atoms with Crippen molar-refractivity contribution in [1.82, 2.24) is 19.6 Å². The second-order valence-electron chi connectivity index (χ2n) is 6.53. The summed E-state index contributed by atoms with van der Waals surface area (Å²) in [6.45, 7) is 6.94. The summed E-state index contributed by atoms with van der Waals surface area (Å²) < 4.78 is 1.85. The van der Waals surface area contributed by atoms with E-state index in [-0.39, 0.29) is 0 Å². The van der Waals surface area contributed by atoms with Crippen LogP contribution in [0.4, 0.5) is 0 Å². The minimum Gasteiger partial charge on any atom is -0.387 e. The predicted molar refractivity (Wildman–Crippen MR) is 90.9 cm³/mol. The van der Waals surface area contributed by atoms with Crippen LogP contribution in [0.3, 0.4) is 0 Å². The van der Waals surface area contributed by atoms with Crippen LogP contribution in [0.25, 0.3) is 0 Å². The number of hydrogen-bond acceptors (Lipinski definition) is 4. The number of hydrogen-bond donors (Lipinski definition) is 1. The molecule has 0 amide bonds. The van der Waals surface area contributed by atoms with Gasteiger partial charge in [0.1, 0.15) is 0 Å². The first-order valence-electron chi connectivity index (χ1n) is 8.29. The van der Waals surface area contributed by atoms with Gasteiger partial charge in [0.05, 0.1) is 12.3 Å². The Morgan fingerprint density at radius 1 is 1.26 bits per heavy atom. The minimum atomic E-state index is -0.413. The third-order valence-electron chi connectivity index (χ3n) is 4.61. The van der Waals surface area contributed by atoms with Crippen molar-refractivity contribution in [2.75, 3.05) is 26.2 Å². The Balaban J connectivity index is 1.52. The van der Waals surface area contributed by atoms with Crippen molar-refractivity contribution in [3.63, 3.8) is 0 Å². The van der Waals surface area contributed by atoms with E-state index in [2.05, 4.69) is 28.0 Å². The summed E-state index contributed by atoms with van der Waals surface area (Å²) in [4.78, 5) is 4.85. The molecule has 1 aromatic carbocycles. The average Bonchev–Trinajstić information content (AvgIpc) is 2.96. The molecule has 23 heavy (non-hydrogen) atoms. The molecule has 2 heterocycles. The Kier molecular flexibility index (Phi) is 5.10. The second-order valence-corrected chi connectivity index (χ2v) is 6.53. The molecule has 0 radical (unpaired) electrons. The second kappa shape index (κ2) is 7.25. The molecule has 1 saturated heterocycles. The van der Waals surface area contributed by atoms with Crippen LogP contribution in [0, 0.1) is 0 Å². The van der Waals surface area contributed by atoms with Gasteiger partial charge in [-0.05, 0) is 12.5 Å². The molecule has 1 aliphatic heterocycles. The first-order chi connectivity index (χ1) is 11.1. The third-order valence-corrected chi connectivity index (χ3v) is 4.61. The maximum absolute atomic E-state index is 10.4. The van der Waals surface area contributed by atoms with Crippen molar-refractivity contribution in [1.29, 1.82) is 0 Å². The predicted octanol–water partition coefficient (Wildman–Crippen LogP) is 1.66. The number of aliphatic hydroxyl groups is 1. The van der Waals surface area contributed by atoms with E-state index in [1.165, 1.54) is 5.56 Å². The van der Waals surface area contributed by atoms with Crippen LogP contribution in [0.1, 0.15) is 24.2 Å². The van der Waals surface area contributed by atoms with Gasteiger partial charge in [0.15, 0.2) is 0 Å². The zero-order chi connectivity index (χ0) is 16.2. The largest absolute Gasteiger partial charge is 0.387 e. The van der Waals surface area contributed by atoms with Gasteiger partial charge in [-0.25, -0.2) is 0 Å². The van der Waals surface area contributed by atoms with Crippen LogP contribution >= 0.6 is 0 Å². The smallest absolute Gasteiger partial charge is 0.0917 e. The lowest BCUT2D eigenvalue weighted by molar-refractivity contribution is 0.0362. The van der Waals surface area contributed by atoms with Gasteiger partial charge in [0, 0.05) is 57.6 Å². The molecule has 3 rings (SSSR count). The molecular weight excluding hydrogens is 288 g/mol. The van der Waals surface area contributed by atoms with Gasteiger partial charge >= 0.3 is 0 Å². The van der Waals surface area contributed by atoms with Crippen LogP contribution in [0.2, 0.25) is 0 Å². The fourth-order valence-corrected chi connectivity index (χ4v) is 3.30. The molecule has 2 atom stereocenters. The molecule has 1 aromatic heterocycles. The van der Waals surface area contributed by atoms with Crippen molar-refractivity contribution in [3.8, 4) is 0 Å². The number of piperazine rings is 1. The van der Waals surface area contributed by atoms with E-state index in [4.69, 9.17) is 0 Å². The van der Waals surface area contributed by atoms with E-state index in [0.717, 1.165) is 31.7 Å². The van der Waals surface area contributed by atoms with Gasteiger partial charge < -0.3 is 5.11 Å². The van der Waals surface area contributed by atoms with E-state index in [1.807, 2.05) is 48.3 Å². The molecule has 2 unspecified atom stereocenters. The van der Waals surface area contributed by atoms with Crippen LogP contribution in [0.5, 0.6) is 0 Å². The molecule has 124 valence electrons. The Labute approximate surface area is 138 Å². The molecule has 2 aromatic rings. The lowest BCUT2D eigenvalue weighted by Gasteiger charge is -2.40. The highest BCUT2D eigenvalue weighted by molar-refractivity contribution is 5.17. The van der Waals surface area contributed by atoms with Crippen LogP contribution in [0.15, 0.2) is 42.7 Å². The normalized spacial score (nSPS) is 21.4. The molecule has 0 saturated carbocycles. The van der Waals surface area contributed by atoms with E-state index in [1.54, 1.807) is 0 Å². The van der Waals surface area contributed by atoms with Gasteiger partial charge in [-0.3, -0.25) is 14.5 Å². The molecule has 1 fully saturated rings. The summed E-state index contributed by atoms with van der Waals surface area (Å²) in [5, 5.41) is 14.7. The van der Waals surface area contributed by atoms with Crippen molar-refractivity contribution in [2.45, 2.75) is 25.6 Å². The van der Waals surface area contributed by atoms with Crippen molar-refractivity contribution >= 4 is 0 Å². The minimum absolute atomic E-state index is 0.413. The quantitative estimate of drug-likeness (QED) is 0.912. The monoisotopic (exact) mass is 314 g/mol. The summed E-state index contributed by atoms with van der Waals surface area (Å²) in [7, 11) is 1.95. The Morgan fingerprint density at radius 3 is 2.70 bits per heavy atom. The van der Waals surface area contributed by atoms with Gasteiger partial charge in [-0.2, -0.15) is 5.10 Å². The fraction of sp³-hybridized carbons (Fsp3) is 0.500. The Hall–Kier alpha value is -1.69. The number of nitrogens with zero attached hydrogens (tertiary/aromatic N) is 4. The third kappa shape index (κ3) is 4.19. The summed E-state index contributed by atoms with van der Waals surface area (Å²) >= 11 is 0. The zero-order valence-electron chi connectivity index (χ0n) is 14.0. The lowest BCUT2D eigenvalue weighted by atomic mass is 10.1. The van der Waals surface area contributed by atoms with E-state index < -0.39 is 6.10 Å². The van der Waals surface area contributed by atoms with Gasteiger partial charge in [0.25, 0.3) is 0 Å². The van der Waals surface area contributed by atoms with E-state index in [9.17, 15) is 5.11 Å². The first-order valence-corrected chi connectivity index (χ1v) is 8.29. The van der Waals surface area contributed by atoms with Crippen LogP contribution in [-0.4, -0.2) is 56.9 Å². The molecule has 0 spiro atoms. The number of aryl methyl sites for hydroxylation is 1. The van der Waals surface area contributed by atoms with Crippen LogP contribution in [-0.2, 0) is 13.6 Å². The van der Waals surface area contributed by atoms with Gasteiger partial charge in [-0.15, -0.1) is 0 Å². The molecule has 1 aliphatic rings. The molecular formula is C18H26N4O. The maximum atomic E-state index is 10.4. The Morgan fingerprint density at radius 2 is 2.04 bits per heavy atom.